The fourth-order valence-electron chi connectivity index (χ4n) is 4.46. The minimum Gasteiger partial charge on any atom is -0.349 e. The molecular weight excluding hydrogens is 508 g/mol. The third kappa shape index (κ3) is 5.95. The lowest BCUT2D eigenvalue weighted by Crippen LogP contribution is -2.49. The summed E-state index contributed by atoms with van der Waals surface area (Å²) in [5.41, 5.74) is -2.12. The zero-order valence-electron chi connectivity index (χ0n) is 18.8. The van der Waals surface area contributed by atoms with Crippen LogP contribution in [0.5, 0.6) is 0 Å². The lowest BCUT2D eigenvalue weighted by Gasteiger charge is -2.32. The Bertz CT molecular complexity index is 1140. The number of rotatable bonds is 9. The predicted octanol–water partition coefficient (Wildman–Crippen LogP) is 6.25. The summed E-state index contributed by atoms with van der Waals surface area (Å²) in [7, 11) is 0. The molecule has 3 rings (SSSR count). The molecular formula is C24H23Cl2F3N2O4. The molecule has 188 valence electrons. The van der Waals surface area contributed by atoms with Crippen LogP contribution in [0.25, 0.3) is 0 Å². The van der Waals surface area contributed by atoms with Gasteiger partial charge in [-0.15, -0.1) is 0 Å². The molecule has 35 heavy (non-hydrogen) atoms. The molecule has 0 fully saturated rings. The largest absolute Gasteiger partial charge is 0.405 e. The molecule has 11 heteroatoms. The van der Waals surface area contributed by atoms with Crippen LogP contribution in [0, 0.1) is 10.1 Å². The number of hydrogen-bond donors (Lipinski definition) is 1. The zero-order valence-corrected chi connectivity index (χ0v) is 20.3. The molecule has 0 saturated heterocycles. The van der Waals surface area contributed by atoms with Gasteiger partial charge in [-0.3, -0.25) is 19.7 Å². The number of carbonyl (C=O) groups is 2. The number of nitro groups is 1. The van der Waals surface area contributed by atoms with E-state index in [9.17, 15) is 32.9 Å². The van der Waals surface area contributed by atoms with Gasteiger partial charge in [0, 0.05) is 33.4 Å². The molecule has 2 aromatic rings. The third-order valence-electron chi connectivity index (χ3n) is 6.17. The van der Waals surface area contributed by atoms with Gasteiger partial charge in [-0.1, -0.05) is 42.3 Å². The van der Waals surface area contributed by atoms with Crippen molar-refractivity contribution < 1.29 is 27.7 Å². The van der Waals surface area contributed by atoms with Crippen molar-refractivity contribution in [2.75, 3.05) is 6.54 Å². The maximum atomic E-state index is 14.4. The number of benzene rings is 2. The van der Waals surface area contributed by atoms with Crippen molar-refractivity contribution in [3.05, 3.63) is 78.8 Å². The minimum atomic E-state index is -5.14. The van der Waals surface area contributed by atoms with Gasteiger partial charge in [0.2, 0.25) is 12.5 Å². The van der Waals surface area contributed by atoms with Crippen LogP contribution < -0.4 is 5.32 Å². The van der Waals surface area contributed by atoms with Crippen LogP contribution in [0.2, 0.25) is 10.0 Å². The van der Waals surface area contributed by atoms with Crippen LogP contribution in [0.3, 0.4) is 0 Å². The minimum absolute atomic E-state index is 0.00869. The average molecular weight is 531 g/mol. The molecule has 0 radical (unpaired) electrons. The summed E-state index contributed by atoms with van der Waals surface area (Å²) in [5, 5.41) is 14.0. The maximum absolute atomic E-state index is 14.4. The van der Waals surface area contributed by atoms with E-state index in [1.54, 1.807) is 6.07 Å². The quantitative estimate of drug-likeness (QED) is 0.236. The number of halogens is 5. The van der Waals surface area contributed by atoms with Gasteiger partial charge in [-0.2, -0.15) is 13.2 Å². The Morgan fingerprint density at radius 1 is 1.14 bits per heavy atom. The molecule has 0 heterocycles. The van der Waals surface area contributed by atoms with Crippen molar-refractivity contribution in [2.24, 2.45) is 0 Å². The smallest absolute Gasteiger partial charge is 0.349 e. The van der Waals surface area contributed by atoms with Crippen LogP contribution in [0.1, 0.15) is 65.7 Å². The topological polar surface area (TPSA) is 89.3 Å². The maximum Gasteiger partial charge on any atom is 0.405 e. The Morgan fingerprint density at radius 2 is 1.80 bits per heavy atom. The lowest BCUT2D eigenvalue weighted by molar-refractivity contribution is -0.501. The molecule has 2 aromatic carbocycles. The van der Waals surface area contributed by atoms with E-state index in [1.807, 2.05) is 6.92 Å². The second-order valence-electron chi connectivity index (χ2n) is 8.65. The highest BCUT2D eigenvalue weighted by molar-refractivity contribution is 6.34. The van der Waals surface area contributed by atoms with E-state index < -0.39 is 40.8 Å². The van der Waals surface area contributed by atoms with Gasteiger partial charge in [0.15, 0.2) is 11.2 Å². The number of aryl methyl sites for hydroxylation is 1. The highest BCUT2D eigenvalue weighted by Gasteiger charge is 2.60. The second kappa shape index (κ2) is 10.5. The van der Waals surface area contributed by atoms with Crippen LogP contribution in [0.4, 0.5) is 13.2 Å². The molecule has 0 saturated carbocycles. The first kappa shape index (κ1) is 26.9. The van der Waals surface area contributed by atoms with Gasteiger partial charge in [-0.05, 0) is 60.2 Å². The Balaban J connectivity index is 1.96. The molecule has 1 aliphatic carbocycles. The van der Waals surface area contributed by atoms with Gasteiger partial charge >= 0.3 is 6.18 Å². The van der Waals surface area contributed by atoms with E-state index in [4.69, 9.17) is 23.2 Å². The molecule has 2 atom stereocenters. The summed E-state index contributed by atoms with van der Waals surface area (Å²) in [6, 6.07) is 7.38. The predicted molar refractivity (Wildman–Crippen MR) is 126 cm³/mol. The van der Waals surface area contributed by atoms with Crippen LogP contribution in [0.15, 0.2) is 36.4 Å². The fraction of sp³-hybridized carbons (Fsp3) is 0.417. The van der Waals surface area contributed by atoms with E-state index in [1.165, 1.54) is 18.2 Å². The normalized spacial score (nSPS) is 16.9. The molecule has 0 aromatic heterocycles. The summed E-state index contributed by atoms with van der Waals surface area (Å²) in [5.74, 6) is -0.998. The first-order valence-corrected chi connectivity index (χ1v) is 11.7. The number of ketones is 1. The van der Waals surface area contributed by atoms with Gasteiger partial charge in [0.05, 0.1) is 6.04 Å². The number of fused-ring (bicyclic) bond motifs is 1. The number of nitrogens with zero attached hydrogens (tertiary/aromatic N) is 1. The van der Waals surface area contributed by atoms with Crippen LogP contribution in [-0.4, -0.2) is 29.3 Å². The zero-order chi connectivity index (χ0) is 26.0. The number of amides is 1. The number of nitrogens with one attached hydrogen (secondary N) is 1. The van der Waals surface area contributed by atoms with E-state index in [2.05, 4.69) is 5.32 Å². The molecule has 0 spiro atoms. The molecule has 1 amide bonds. The van der Waals surface area contributed by atoms with Gasteiger partial charge in [0.25, 0.3) is 0 Å². The molecule has 1 aliphatic rings. The number of alkyl halides is 3. The molecule has 0 bridgehead atoms. The average Bonchev–Trinajstić information content (AvgIpc) is 3.13. The standard InChI is InChI=1S/C24H23Cl2F3N2O4/c1-2-3-22(33)30-20-7-5-14-8-15(4-6-19(14)20)21(32)12-23(13-31(34)35,24(27,28)29)16-9-17(25)11-18(26)10-16/h4,6,8-11,20H,2-3,5,7,12-13H2,1H3,(H,30,33). The van der Waals surface area contributed by atoms with E-state index >= 15 is 0 Å². The Labute approximate surface area is 209 Å². The van der Waals surface area contributed by atoms with Crippen molar-refractivity contribution in [3.63, 3.8) is 0 Å². The monoisotopic (exact) mass is 530 g/mol. The number of hydrogen-bond acceptors (Lipinski definition) is 4. The second-order valence-corrected chi connectivity index (χ2v) is 9.52. The SMILES string of the molecule is CCCC(=O)NC1CCc2cc(C(=O)CC(C[N+](=O)[O-])(c3cc(Cl)cc(Cl)c3)C(F)(F)F)ccc21. The Hall–Kier alpha value is -2.65. The van der Waals surface area contributed by atoms with Crippen LogP contribution >= 0.6 is 23.2 Å². The molecule has 0 aliphatic heterocycles. The summed E-state index contributed by atoms with van der Waals surface area (Å²) in [6.07, 6.45) is -4.11. The van der Waals surface area contributed by atoms with Gasteiger partial charge in [-0.25, -0.2) is 0 Å². The van der Waals surface area contributed by atoms with Crippen molar-refractivity contribution in [1.82, 2.24) is 5.32 Å². The Kier molecular flexibility index (Phi) is 8.11. The van der Waals surface area contributed by atoms with Crippen molar-refractivity contribution >= 4 is 34.9 Å². The van der Waals surface area contributed by atoms with Crippen molar-refractivity contribution in [1.29, 1.82) is 0 Å². The fourth-order valence-corrected chi connectivity index (χ4v) is 4.99. The third-order valence-corrected chi connectivity index (χ3v) is 6.61. The molecule has 2 unspecified atom stereocenters. The van der Waals surface area contributed by atoms with Crippen molar-refractivity contribution in [3.8, 4) is 0 Å². The summed E-state index contributed by atoms with van der Waals surface area (Å²) >= 11 is 11.8. The first-order chi connectivity index (χ1) is 16.4. The molecule has 6 nitrogen and oxygen atoms in total. The van der Waals surface area contributed by atoms with Crippen molar-refractivity contribution in [2.45, 2.75) is 56.7 Å². The molecule has 1 N–H and O–H groups in total. The summed E-state index contributed by atoms with van der Waals surface area (Å²) < 4.78 is 43.3. The van der Waals surface area contributed by atoms with Gasteiger partial charge < -0.3 is 5.32 Å². The number of Topliss-reactive ketones (excluding diaryl/α,β-unsaturated/α-hetero) is 1. The summed E-state index contributed by atoms with van der Waals surface area (Å²) in [6.45, 7) is 0.326. The lowest BCUT2D eigenvalue weighted by atomic mass is 9.74. The van der Waals surface area contributed by atoms with E-state index in [-0.39, 0.29) is 27.6 Å². The number of carbonyl (C=O) groups excluding carboxylic acids is 2. The van der Waals surface area contributed by atoms with Gasteiger partial charge in [0.1, 0.15) is 0 Å². The van der Waals surface area contributed by atoms with Crippen LogP contribution in [-0.2, 0) is 16.6 Å². The van der Waals surface area contributed by atoms with E-state index in [0.717, 1.165) is 23.3 Å². The summed E-state index contributed by atoms with van der Waals surface area (Å²) in [4.78, 5) is 35.3. The first-order valence-electron chi connectivity index (χ1n) is 11.0. The Morgan fingerprint density at radius 3 is 2.37 bits per heavy atom. The highest BCUT2D eigenvalue weighted by atomic mass is 35.5. The highest BCUT2D eigenvalue weighted by Crippen LogP contribution is 2.46. The van der Waals surface area contributed by atoms with E-state index in [0.29, 0.717) is 25.7 Å².